The van der Waals surface area contributed by atoms with Crippen molar-refractivity contribution in [1.29, 1.82) is 0 Å². The van der Waals surface area contributed by atoms with Gasteiger partial charge in [0.2, 0.25) is 0 Å². The molecule has 17 heavy (non-hydrogen) atoms. The number of hydrogen-bond donors (Lipinski definition) is 1. The maximum Gasteiger partial charge on any atom is 0.140 e. The molecule has 1 aromatic rings. The molecule has 0 saturated carbocycles. The first-order valence-electron chi connectivity index (χ1n) is 6.47. The molecule has 0 aromatic carbocycles. The molecular formula is C12H23N5. The van der Waals surface area contributed by atoms with E-state index in [4.69, 9.17) is 0 Å². The van der Waals surface area contributed by atoms with Gasteiger partial charge in [-0.15, -0.1) is 0 Å². The Kier molecular flexibility index (Phi) is 4.12. The molecule has 1 aliphatic heterocycles. The first-order chi connectivity index (χ1) is 8.16. The molecule has 1 aliphatic rings. The minimum Gasteiger partial charge on any atom is -0.313 e. The van der Waals surface area contributed by atoms with E-state index in [9.17, 15) is 0 Å². The molecule has 1 aromatic heterocycles. The molecule has 0 spiro atoms. The molecule has 1 unspecified atom stereocenters. The highest BCUT2D eigenvalue weighted by molar-refractivity contribution is 4.89. The van der Waals surface area contributed by atoms with Crippen LogP contribution < -0.4 is 5.32 Å². The average molecular weight is 237 g/mol. The van der Waals surface area contributed by atoms with Crippen LogP contribution in [0.4, 0.5) is 0 Å². The van der Waals surface area contributed by atoms with Gasteiger partial charge in [0.05, 0.1) is 6.54 Å². The van der Waals surface area contributed by atoms with Gasteiger partial charge in [0.25, 0.3) is 0 Å². The molecule has 1 atom stereocenters. The zero-order valence-electron chi connectivity index (χ0n) is 11.1. The number of rotatable bonds is 5. The van der Waals surface area contributed by atoms with Crippen LogP contribution in [0.5, 0.6) is 0 Å². The molecule has 5 heteroatoms. The zero-order valence-corrected chi connectivity index (χ0v) is 11.1. The summed E-state index contributed by atoms with van der Waals surface area (Å²) in [6.45, 7) is 7.57. The molecule has 1 N–H and O–H groups in total. The van der Waals surface area contributed by atoms with Gasteiger partial charge in [0, 0.05) is 25.7 Å². The fourth-order valence-electron chi connectivity index (χ4n) is 2.35. The lowest BCUT2D eigenvalue weighted by molar-refractivity contribution is 0.227. The van der Waals surface area contributed by atoms with Crippen LogP contribution in [0, 0.1) is 0 Å². The van der Waals surface area contributed by atoms with Crippen LogP contribution in [0.3, 0.4) is 0 Å². The Bertz CT molecular complexity index is 346. The van der Waals surface area contributed by atoms with Crippen molar-refractivity contribution in [3.8, 4) is 0 Å². The van der Waals surface area contributed by atoms with Gasteiger partial charge in [-0.25, -0.2) is 4.98 Å². The molecule has 0 bridgehead atoms. The minimum atomic E-state index is 0.562. The van der Waals surface area contributed by atoms with Gasteiger partial charge in [0.15, 0.2) is 0 Å². The summed E-state index contributed by atoms with van der Waals surface area (Å²) in [5.41, 5.74) is 0. The van der Waals surface area contributed by atoms with Crippen molar-refractivity contribution in [2.24, 2.45) is 7.05 Å². The Morgan fingerprint density at radius 3 is 3.00 bits per heavy atom. The molecule has 2 rings (SSSR count). The predicted molar refractivity (Wildman–Crippen MR) is 67.6 cm³/mol. The lowest BCUT2D eigenvalue weighted by Crippen LogP contribution is -2.40. The van der Waals surface area contributed by atoms with E-state index in [0.29, 0.717) is 12.1 Å². The van der Waals surface area contributed by atoms with E-state index in [2.05, 4.69) is 34.1 Å². The predicted octanol–water partition coefficient (Wildman–Crippen LogP) is 0.777. The third kappa shape index (κ3) is 3.26. The minimum absolute atomic E-state index is 0.562. The Hall–Kier alpha value is -0.940. The van der Waals surface area contributed by atoms with E-state index in [1.165, 1.54) is 19.4 Å². The number of nitrogens with zero attached hydrogens (tertiary/aromatic N) is 4. The number of aryl methyl sites for hydroxylation is 1. The van der Waals surface area contributed by atoms with Gasteiger partial charge < -0.3 is 5.32 Å². The Balaban J connectivity index is 1.89. The molecule has 5 nitrogen and oxygen atoms in total. The fraction of sp³-hybridized carbons (Fsp3) is 0.833. The van der Waals surface area contributed by atoms with Crippen molar-refractivity contribution >= 4 is 0 Å². The summed E-state index contributed by atoms with van der Waals surface area (Å²) < 4.78 is 1.87. The van der Waals surface area contributed by atoms with Crippen LogP contribution in [-0.4, -0.2) is 44.8 Å². The summed E-state index contributed by atoms with van der Waals surface area (Å²) >= 11 is 0. The van der Waals surface area contributed by atoms with Crippen LogP contribution in [-0.2, 0) is 13.6 Å². The molecule has 96 valence electrons. The van der Waals surface area contributed by atoms with Gasteiger partial charge in [0.1, 0.15) is 12.2 Å². The van der Waals surface area contributed by atoms with Crippen molar-refractivity contribution in [2.45, 2.75) is 45.3 Å². The molecule has 1 saturated heterocycles. The van der Waals surface area contributed by atoms with Crippen molar-refractivity contribution in [3.63, 3.8) is 0 Å². The van der Waals surface area contributed by atoms with Gasteiger partial charge in [-0.3, -0.25) is 9.58 Å². The van der Waals surface area contributed by atoms with E-state index in [1.54, 1.807) is 6.33 Å². The number of aromatic nitrogens is 3. The lowest BCUT2D eigenvalue weighted by atomic mass is 10.2. The number of hydrogen-bond acceptors (Lipinski definition) is 4. The van der Waals surface area contributed by atoms with Crippen LogP contribution >= 0.6 is 0 Å². The van der Waals surface area contributed by atoms with E-state index in [1.807, 2.05) is 11.7 Å². The molecular weight excluding hydrogens is 214 g/mol. The third-order valence-electron chi connectivity index (χ3n) is 3.41. The van der Waals surface area contributed by atoms with E-state index in [0.717, 1.165) is 18.9 Å². The summed E-state index contributed by atoms with van der Waals surface area (Å²) in [4.78, 5) is 6.81. The lowest BCUT2D eigenvalue weighted by Gasteiger charge is -2.25. The molecule has 0 amide bonds. The summed E-state index contributed by atoms with van der Waals surface area (Å²) in [6.07, 6.45) is 4.21. The smallest absolute Gasteiger partial charge is 0.140 e. The maximum atomic E-state index is 4.30. The summed E-state index contributed by atoms with van der Waals surface area (Å²) in [5.74, 6) is 1.06. The second-order valence-corrected chi connectivity index (χ2v) is 5.13. The number of likely N-dealkylation sites (tertiary alicyclic amines) is 1. The van der Waals surface area contributed by atoms with E-state index < -0.39 is 0 Å². The third-order valence-corrected chi connectivity index (χ3v) is 3.41. The highest BCUT2D eigenvalue weighted by Crippen LogP contribution is 2.18. The Labute approximate surface area is 103 Å². The quantitative estimate of drug-likeness (QED) is 0.822. The first-order valence-corrected chi connectivity index (χ1v) is 6.47. The van der Waals surface area contributed by atoms with Gasteiger partial charge in [-0.05, 0) is 19.4 Å². The normalized spacial score (nSPS) is 21.5. The second-order valence-electron chi connectivity index (χ2n) is 5.13. The second kappa shape index (κ2) is 5.60. The Morgan fingerprint density at radius 1 is 1.53 bits per heavy atom. The molecule has 0 aliphatic carbocycles. The number of nitrogens with one attached hydrogen (secondary N) is 1. The first kappa shape index (κ1) is 12.5. The standard InChI is InChI=1S/C12H23N5/c1-10(2)13-7-11-5-4-6-17(11)8-12-14-9-15-16(12)3/h9-11,13H,4-8H2,1-3H3. The SMILES string of the molecule is CC(C)NCC1CCCN1Cc1ncnn1C. The van der Waals surface area contributed by atoms with Crippen LogP contribution in [0.2, 0.25) is 0 Å². The molecule has 2 heterocycles. The van der Waals surface area contributed by atoms with Crippen molar-refractivity contribution in [2.75, 3.05) is 13.1 Å². The molecule has 1 fully saturated rings. The monoisotopic (exact) mass is 237 g/mol. The summed E-state index contributed by atoms with van der Waals surface area (Å²) in [5, 5.41) is 7.65. The van der Waals surface area contributed by atoms with Crippen LogP contribution in [0.1, 0.15) is 32.5 Å². The topological polar surface area (TPSA) is 46.0 Å². The summed E-state index contributed by atoms with van der Waals surface area (Å²) in [6, 6.07) is 1.21. The van der Waals surface area contributed by atoms with Gasteiger partial charge >= 0.3 is 0 Å². The van der Waals surface area contributed by atoms with E-state index in [-0.39, 0.29) is 0 Å². The van der Waals surface area contributed by atoms with Crippen molar-refractivity contribution in [3.05, 3.63) is 12.2 Å². The average Bonchev–Trinajstić information content (AvgIpc) is 2.87. The van der Waals surface area contributed by atoms with Gasteiger partial charge in [-0.1, -0.05) is 13.8 Å². The summed E-state index contributed by atoms with van der Waals surface area (Å²) in [7, 11) is 1.96. The van der Waals surface area contributed by atoms with Crippen LogP contribution in [0.15, 0.2) is 6.33 Å². The maximum absolute atomic E-state index is 4.30. The highest BCUT2D eigenvalue weighted by Gasteiger charge is 2.25. The Morgan fingerprint density at radius 2 is 2.35 bits per heavy atom. The molecule has 0 radical (unpaired) electrons. The zero-order chi connectivity index (χ0) is 12.3. The van der Waals surface area contributed by atoms with Crippen molar-refractivity contribution in [1.82, 2.24) is 25.0 Å². The fourth-order valence-corrected chi connectivity index (χ4v) is 2.35. The van der Waals surface area contributed by atoms with Crippen LogP contribution in [0.25, 0.3) is 0 Å². The van der Waals surface area contributed by atoms with Gasteiger partial charge in [-0.2, -0.15) is 5.10 Å². The largest absolute Gasteiger partial charge is 0.313 e. The van der Waals surface area contributed by atoms with E-state index >= 15 is 0 Å². The highest BCUT2D eigenvalue weighted by atomic mass is 15.3. The van der Waals surface area contributed by atoms with Crippen molar-refractivity contribution < 1.29 is 0 Å².